The fourth-order valence-electron chi connectivity index (χ4n) is 4.69. The number of anilines is 4. The first kappa shape index (κ1) is 30.2. The lowest BCUT2D eigenvalue weighted by atomic mass is 9.85. The van der Waals surface area contributed by atoms with Crippen molar-refractivity contribution in [3.8, 4) is 5.75 Å². The Kier molecular flexibility index (Phi) is 8.78. The first-order valence-corrected chi connectivity index (χ1v) is 15.5. The lowest BCUT2D eigenvalue weighted by Gasteiger charge is -2.28. The maximum atomic E-state index is 13.2. The van der Waals surface area contributed by atoms with Crippen molar-refractivity contribution in [1.82, 2.24) is 15.3 Å². The number of benzene rings is 2. The number of nitrogens with one attached hydrogen (secondary N) is 3. The normalized spacial score (nSPS) is 15.1. The minimum atomic E-state index is -3.63. The highest BCUT2D eigenvalue weighted by Crippen LogP contribution is 2.38. The van der Waals surface area contributed by atoms with Crippen LogP contribution in [0, 0.1) is 6.92 Å². The van der Waals surface area contributed by atoms with Gasteiger partial charge in [-0.3, -0.25) is 0 Å². The van der Waals surface area contributed by atoms with E-state index in [0.29, 0.717) is 17.6 Å². The number of aromatic nitrogens is 2. The van der Waals surface area contributed by atoms with Crippen molar-refractivity contribution >= 4 is 60.3 Å². The summed E-state index contributed by atoms with van der Waals surface area (Å²) >= 11 is 6.46. The second kappa shape index (κ2) is 11.6. The molecule has 1 aliphatic heterocycles. The summed E-state index contributed by atoms with van der Waals surface area (Å²) in [7, 11) is 0.0685. The second-order valence-corrected chi connectivity index (χ2v) is 15.3. The monoisotopic (exact) mass is 581 g/mol. The summed E-state index contributed by atoms with van der Waals surface area (Å²) < 4.78 is 31.9. The summed E-state index contributed by atoms with van der Waals surface area (Å²) in [5.41, 5.74) is 3.19. The predicted molar refractivity (Wildman–Crippen MR) is 169 cm³/mol. The van der Waals surface area contributed by atoms with E-state index in [1.54, 1.807) is 46.0 Å². The third kappa shape index (κ3) is 6.93. The molecule has 0 bridgehead atoms. The third-order valence-corrected chi connectivity index (χ3v) is 9.61. The molecule has 212 valence electrons. The maximum absolute atomic E-state index is 13.2. The van der Waals surface area contributed by atoms with Crippen LogP contribution in [0.4, 0.5) is 23.1 Å². The van der Waals surface area contributed by atoms with E-state index in [9.17, 15) is 8.42 Å². The highest BCUT2D eigenvalue weighted by atomic mass is 35.5. The van der Waals surface area contributed by atoms with Gasteiger partial charge in [0.25, 0.3) is 0 Å². The van der Waals surface area contributed by atoms with E-state index in [4.69, 9.17) is 16.3 Å². The molecule has 4 rings (SSSR count). The molecule has 12 heteroatoms. The Morgan fingerprint density at radius 1 is 1.05 bits per heavy atom. The summed E-state index contributed by atoms with van der Waals surface area (Å²) in [6.45, 7) is 11.5. The molecule has 3 N–H and O–H groups in total. The van der Waals surface area contributed by atoms with E-state index < -0.39 is 20.0 Å². The standard InChI is InChI=1S/C28H38B2ClN5O3S/c1-17-14-22(23(39-27(2,3)29)15-19(17)18-10-12-32-13-11-18)35-26-33-16-20(31)25(36-26)34-21-8-6-7-9-24(21)40(37,38)28(4,5)30/h6-9,14-16,18,32H,10-13,29-30H2,1-5H3,(H2,33,34,35,36). The van der Waals surface area contributed by atoms with Crippen LogP contribution in [0.1, 0.15) is 57.6 Å². The number of sulfone groups is 1. The number of hydrogen-bond acceptors (Lipinski definition) is 8. The molecule has 3 aromatic rings. The molecular weight excluding hydrogens is 543 g/mol. The zero-order valence-corrected chi connectivity index (χ0v) is 25.9. The van der Waals surface area contributed by atoms with Crippen LogP contribution >= 0.6 is 11.6 Å². The highest BCUT2D eigenvalue weighted by Gasteiger charge is 2.33. The average Bonchev–Trinajstić information content (AvgIpc) is 2.87. The van der Waals surface area contributed by atoms with E-state index in [1.807, 2.05) is 21.7 Å². The van der Waals surface area contributed by atoms with Gasteiger partial charge in [0, 0.05) is 4.65 Å². The van der Waals surface area contributed by atoms with E-state index >= 15 is 0 Å². The van der Waals surface area contributed by atoms with Crippen LogP contribution in [0.3, 0.4) is 0 Å². The first-order valence-electron chi connectivity index (χ1n) is 13.6. The summed E-state index contributed by atoms with van der Waals surface area (Å²) in [5, 5.41) is 10.1. The van der Waals surface area contributed by atoms with Crippen molar-refractivity contribution in [3.63, 3.8) is 0 Å². The zero-order valence-electron chi connectivity index (χ0n) is 24.4. The van der Waals surface area contributed by atoms with Gasteiger partial charge >= 0.3 is 0 Å². The number of piperidine rings is 1. The fraction of sp³-hybridized carbons (Fsp3) is 0.429. The molecule has 0 spiro atoms. The minimum Gasteiger partial charge on any atom is -0.495 e. The molecule has 0 unspecified atom stereocenters. The Morgan fingerprint density at radius 2 is 1.73 bits per heavy atom. The molecule has 0 radical (unpaired) electrons. The van der Waals surface area contributed by atoms with Crippen molar-refractivity contribution in [2.24, 2.45) is 0 Å². The van der Waals surface area contributed by atoms with E-state index in [-0.39, 0.29) is 15.7 Å². The number of rotatable bonds is 9. The van der Waals surface area contributed by atoms with Gasteiger partial charge in [-0.25, -0.2) is 13.4 Å². The van der Waals surface area contributed by atoms with Gasteiger partial charge in [0.1, 0.15) is 18.6 Å². The minimum absolute atomic E-state index is 0.177. The van der Waals surface area contributed by atoms with E-state index in [0.717, 1.165) is 37.4 Å². The molecule has 0 amide bonds. The van der Waals surface area contributed by atoms with Gasteiger partial charge in [-0.05, 0) is 88.0 Å². The summed E-state index contributed by atoms with van der Waals surface area (Å²) in [6, 6.07) is 11.0. The number of ether oxygens (including phenoxy) is 1. The smallest absolute Gasteiger partial charge is 0.229 e. The first-order chi connectivity index (χ1) is 18.7. The molecule has 40 heavy (non-hydrogen) atoms. The van der Waals surface area contributed by atoms with Crippen molar-refractivity contribution in [1.29, 1.82) is 0 Å². The number of para-hydroxylation sites is 1. The molecule has 0 atom stereocenters. The Labute approximate surface area is 244 Å². The average molecular weight is 582 g/mol. The predicted octanol–water partition coefficient (Wildman–Crippen LogP) is 4.28. The van der Waals surface area contributed by atoms with E-state index in [2.05, 4.69) is 45.0 Å². The molecule has 1 aliphatic rings. The summed E-state index contributed by atoms with van der Waals surface area (Å²) in [4.78, 5) is 9.17. The quantitative estimate of drug-likeness (QED) is 0.322. The Bertz CT molecular complexity index is 1480. The second-order valence-electron chi connectivity index (χ2n) is 12.2. The maximum Gasteiger partial charge on any atom is 0.229 e. The van der Waals surface area contributed by atoms with Crippen molar-refractivity contribution in [2.75, 3.05) is 23.7 Å². The fourth-order valence-corrected chi connectivity index (χ4v) is 6.15. The van der Waals surface area contributed by atoms with Crippen LogP contribution in [0.2, 0.25) is 5.02 Å². The zero-order chi connectivity index (χ0) is 29.3. The largest absolute Gasteiger partial charge is 0.495 e. The van der Waals surface area contributed by atoms with Gasteiger partial charge in [0.05, 0.1) is 28.0 Å². The number of halogens is 1. The molecule has 8 nitrogen and oxygen atoms in total. The molecule has 1 fully saturated rings. The van der Waals surface area contributed by atoms with Gasteiger partial charge in [-0.1, -0.05) is 37.6 Å². The third-order valence-electron chi connectivity index (χ3n) is 6.79. The highest BCUT2D eigenvalue weighted by molar-refractivity contribution is 7.94. The Morgan fingerprint density at radius 3 is 2.38 bits per heavy atom. The Hall–Kier alpha value is -2.75. The molecule has 0 aliphatic carbocycles. The van der Waals surface area contributed by atoms with Gasteiger partial charge < -0.3 is 20.7 Å². The van der Waals surface area contributed by atoms with E-state index in [1.165, 1.54) is 17.3 Å². The van der Waals surface area contributed by atoms with Gasteiger partial charge in [-0.2, -0.15) is 4.98 Å². The van der Waals surface area contributed by atoms with Crippen LogP contribution in [-0.4, -0.2) is 57.3 Å². The lowest BCUT2D eigenvalue weighted by Crippen LogP contribution is -2.32. The van der Waals surface area contributed by atoms with Crippen LogP contribution in [0.15, 0.2) is 47.5 Å². The van der Waals surface area contributed by atoms with Gasteiger partial charge in [0.15, 0.2) is 23.5 Å². The van der Waals surface area contributed by atoms with Crippen LogP contribution in [-0.2, 0) is 9.84 Å². The molecule has 2 aromatic carbocycles. The Balaban J connectivity index is 1.69. The molecule has 1 saturated heterocycles. The number of aryl methyl sites for hydroxylation is 1. The molecule has 1 aromatic heterocycles. The van der Waals surface area contributed by atoms with Crippen molar-refractivity contribution in [3.05, 3.63) is 58.7 Å². The topological polar surface area (TPSA) is 105 Å². The number of hydrogen-bond donors (Lipinski definition) is 3. The van der Waals surface area contributed by atoms with Gasteiger partial charge in [0.2, 0.25) is 5.95 Å². The van der Waals surface area contributed by atoms with Crippen LogP contribution < -0.4 is 20.7 Å². The molecular formula is C28H38B2ClN5O3S. The van der Waals surface area contributed by atoms with Crippen molar-refractivity contribution < 1.29 is 13.2 Å². The molecule has 2 heterocycles. The summed E-state index contributed by atoms with van der Waals surface area (Å²) in [5.74, 6) is 1.79. The van der Waals surface area contributed by atoms with Crippen LogP contribution in [0.25, 0.3) is 0 Å². The van der Waals surface area contributed by atoms with Gasteiger partial charge in [-0.15, -0.1) is 0 Å². The number of nitrogens with zero attached hydrogens (tertiary/aromatic N) is 2. The van der Waals surface area contributed by atoms with Crippen molar-refractivity contribution in [2.45, 2.75) is 68.4 Å². The van der Waals surface area contributed by atoms with Crippen LogP contribution in [0.5, 0.6) is 5.75 Å². The SMILES string of the molecule is BC(C)(C)Oc1cc(C2CCNCC2)c(C)cc1Nc1ncc(Cl)c(Nc2ccccc2S(=O)(=O)C(B)(C)C)n1. The summed E-state index contributed by atoms with van der Waals surface area (Å²) in [6.07, 6.45) is 3.66. The molecule has 0 saturated carbocycles. The lowest BCUT2D eigenvalue weighted by molar-refractivity contribution is 0.199.